The van der Waals surface area contributed by atoms with Crippen LogP contribution in [-0.2, 0) is 6.42 Å². The van der Waals surface area contributed by atoms with Crippen LogP contribution in [0.1, 0.15) is 18.1 Å². The summed E-state index contributed by atoms with van der Waals surface area (Å²) in [5.74, 6) is 0. The molecule has 0 N–H and O–H groups in total. The van der Waals surface area contributed by atoms with Gasteiger partial charge in [0.05, 0.1) is 0 Å². The molecule has 0 saturated heterocycles. The van der Waals surface area contributed by atoms with Gasteiger partial charge >= 0.3 is 0 Å². The predicted molar refractivity (Wildman–Crippen MR) is 49.2 cm³/mol. The molecule has 1 nitrogen and oxygen atoms in total. The fraction of sp³-hybridized carbons (Fsp3) is 0.273. The van der Waals surface area contributed by atoms with Gasteiger partial charge in [0.25, 0.3) is 0 Å². The van der Waals surface area contributed by atoms with Crippen LogP contribution in [0, 0.1) is 13.2 Å². The summed E-state index contributed by atoms with van der Waals surface area (Å²) in [7, 11) is 0. The molecular weight excluding hydrogens is 148 g/mol. The van der Waals surface area contributed by atoms with Crippen molar-refractivity contribution in [3.05, 3.63) is 35.6 Å². The third-order valence-electron chi connectivity index (χ3n) is 2.10. The predicted octanol–water partition coefficient (Wildman–Crippen LogP) is 3.10. The molecule has 1 aromatic carbocycles. The lowest BCUT2D eigenvalue weighted by Crippen LogP contribution is -1.76. The molecule has 0 atom stereocenters. The van der Waals surface area contributed by atoms with Gasteiger partial charge in [-0.3, -0.25) is 0 Å². The van der Waals surface area contributed by atoms with Crippen molar-refractivity contribution in [3.63, 3.8) is 0 Å². The molecule has 2 rings (SSSR count). The number of rotatable bonds is 1. The first-order valence-electron chi connectivity index (χ1n) is 4.21. The fourth-order valence-corrected chi connectivity index (χ4v) is 1.40. The van der Waals surface area contributed by atoms with Crippen molar-refractivity contribution in [1.82, 2.24) is 0 Å². The summed E-state index contributed by atoms with van der Waals surface area (Å²) in [4.78, 5) is 0. The van der Waals surface area contributed by atoms with Crippen LogP contribution in [0.5, 0.6) is 0 Å². The number of hydrogen-bond acceptors (Lipinski definition) is 1. The summed E-state index contributed by atoms with van der Waals surface area (Å²) in [5.41, 5.74) is 3.39. The molecular formula is C11H11O. The molecule has 0 spiro atoms. The van der Waals surface area contributed by atoms with E-state index in [0.717, 1.165) is 12.0 Å². The maximum atomic E-state index is 5.27. The van der Waals surface area contributed by atoms with Crippen molar-refractivity contribution in [2.75, 3.05) is 0 Å². The fourth-order valence-electron chi connectivity index (χ4n) is 1.40. The van der Waals surface area contributed by atoms with Gasteiger partial charge in [-0.15, -0.1) is 0 Å². The Morgan fingerprint density at radius 1 is 1.42 bits per heavy atom. The third-order valence-corrected chi connectivity index (χ3v) is 2.10. The van der Waals surface area contributed by atoms with E-state index in [9.17, 15) is 0 Å². The van der Waals surface area contributed by atoms with Crippen LogP contribution in [0.2, 0.25) is 0 Å². The van der Waals surface area contributed by atoms with Crippen LogP contribution in [0.4, 0.5) is 0 Å². The van der Waals surface area contributed by atoms with E-state index in [1.165, 1.54) is 16.5 Å². The normalized spacial score (nSPS) is 10.8. The molecule has 0 fully saturated rings. The van der Waals surface area contributed by atoms with Crippen molar-refractivity contribution in [1.29, 1.82) is 0 Å². The van der Waals surface area contributed by atoms with Gasteiger partial charge in [-0.25, -0.2) is 0 Å². The Hall–Kier alpha value is -1.24. The molecule has 0 aliphatic carbocycles. The van der Waals surface area contributed by atoms with Gasteiger partial charge in [-0.2, -0.15) is 0 Å². The van der Waals surface area contributed by atoms with Crippen LogP contribution < -0.4 is 0 Å². The first-order chi connectivity index (χ1) is 5.81. The molecule has 0 unspecified atom stereocenters. The molecule has 0 aliphatic heterocycles. The summed E-state index contributed by atoms with van der Waals surface area (Å²) in [6, 6.07) is 6.20. The second kappa shape index (κ2) is 2.67. The van der Waals surface area contributed by atoms with Crippen LogP contribution in [-0.4, -0.2) is 0 Å². The van der Waals surface area contributed by atoms with Crippen LogP contribution in [0.25, 0.3) is 11.0 Å². The number of hydrogen-bond donors (Lipinski definition) is 0. The lowest BCUT2D eigenvalue weighted by atomic mass is 10.1. The highest BCUT2D eigenvalue weighted by Crippen LogP contribution is 2.21. The average molecular weight is 159 g/mol. The minimum absolute atomic E-state index is 0.942. The summed E-state index contributed by atoms with van der Waals surface area (Å²) in [6.45, 7) is 4.20. The summed E-state index contributed by atoms with van der Waals surface area (Å²) < 4.78 is 5.27. The standard InChI is InChI=1S/C11H11O/c1-3-9-7-12-11-5-4-8(2)6-10(9)11/h4-6H,3H2,1-2H3. The van der Waals surface area contributed by atoms with Gasteiger partial charge < -0.3 is 4.42 Å². The number of benzene rings is 1. The number of furan rings is 1. The molecule has 0 bridgehead atoms. The topological polar surface area (TPSA) is 13.1 Å². The van der Waals surface area contributed by atoms with Crippen molar-refractivity contribution >= 4 is 11.0 Å². The van der Waals surface area contributed by atoms with Gasteiger partial charge in [0.1, 0.15) is 5.58 Å². The summed E-state index contributed by atoms with van der Waals surface area (Å²) in [5, 5.41) is 1.21. The molecule has 1 radical (unpaired) electrons. The van der Waals surface area contributed by atoms with Gasteiger partial charge in [0.2, 0.25) is 0 Å². The van der Waals surface area contributed by atoms with Crippen LogP contribution in [0.3, 0.4) is 0 Å². The minimum atomic E-state index is 0.942. The quantitative estimate of drug-likeness (QED) is 0.623. The first kappa shape index (κ1) is 7.41. The number of aryl methyl sites for hydroxylation is 2. The second-order valence-corrected chi connectivity index (χ2v) is 3.04. The molecule has 0 amide bonds. The second-order valence-electron chi connectivity index (χ2n) is 3.04. The third kappa shape index (κ3) is 1.02. The minimum Gasteiger partial charge on any atom is -0.452 e. The molecule has 2 aromatic rings. The maximum Gasteiger partial charge on any atom is 0.174 e. The number of fused-ring (bicyclic) bond motifs is 1. The smallest absolute Gasteiger partial charge is 0.174 e. The lowest BCUT2D eigenvalue weighted by molar-refractivity contribution is 0.601. The molecule has 12 heavy (non-hydrogen) atoms. The highest BCUT2D eigenvalue weighted by molar-refractivity contribution is 5.81. The summed E-state index contributed by atoms with van der Waals surface area (Å²) >= 11 is 0. The van der Waals surface area contributed by atoms with E-state index in [4.69, 9.17) is 4.42 Å². The lowest BCUT2D eigenvalue weighted by Gasteiger charge is -1.93. The zero-order valence-electron chi connectivity index (χ0n) is 7.35. The van der Waals surface area contributed by atoms with Gasteiger partial charge in [0.15, 0.2) is 6.26 Å². The SMILES string of the molecule is CCc1[c]oc2ccc(C)cc12. The Kier molecular flexibility index (Phi) is 1.65. The first-order valence-corrected chi connectivity index (χ1v) is 4.21. The highest BCUT2D eigenvalue weighted by atomic mass is 16.3. The molecule has 1 aromatic heterocycles. The van der Waals surface area contributed by atoms with Crippen LogP contribution in [0.15, 0.2) is 22.6 Å². The average Bonchev–Trinajstić information content (AvgIpc) is 2.46. The molecule has 1 heterocycles. The van der Waals surface area contributed by atoms with Crippen molar-refractivity contribution < 1.29 is 4.42 Å². The van der Waals surface area contributed by atoms with E-state index in [2.05, 4.69) is 32.2 Å². The molecule has 0 saturated carbocycles. The maximum absolute atomic E-state index is 5.27. The largest absolute Gasteiger partial charge is 0.452 e. The molecule has 61 valence electrons. The zero-order chi connectivity index (χ0) is 8.55. The monoisotopic (exact) mass is 159 g/mol. The van der Waals surface area contributed by atoms with E-state index in [1.54, 1.807) is 0 Å². The van der Waals surface area contributed by atoms with Crippen molar-refractivity contribution in [2.24, 2.45) is 0 Å². The Labute approximate surface area is 72.0 Å². The van der Waals surface area contributed by atoms with E-state index in [1.807, 2.05) is 6.07 Å². The van der Waals surface area contributed by atoms with Crippen molar-refractivity contribution in [3.8, 4) is 0 Å². The van der Waals surface area contributed by atoms with Gasteiger partial charge in [0, 0.05) is 10.9 Å². The van der Waals surface area contributed by atoms with E-state index in [0.29, 0.717) is 0 Å². The summed E-state index contributed by atoms with van der Waals surface area (Å²) in [6.07, 6.45) is 3.90. The molecule has 0 aliphatic rings. The van der Waals surface area contributed by atoms with E-state index < -0.39 is 0 Å². The van der Waals surface area contributed by atoms with Gasteiger partial charge in [-0.1, -0.05) is 18.6 Å². The Bertz CT molecular complexity index is 398. The van der Waals surface area contributed by atoms with Gasteiger partial charge in [-0.05, 0) is 25.5 Å². The zero-order valence-corrected chi connectivity index (χ0v) is 7.35. The Morgan fingerprint density at radius 3 is 3.00 bits per heavy atom. The highest BCUT2D eigenvalue weighted by Gasteiger charge is 2.03. The van der Waals surface area contributed by atoms with Crippen molar-refractivity contribution in [2.45, 2.75) is 20.3 Å². The Morgan fingerprint density at radius 2 is 2.25 bits per heavy atom. The Balaban J connectivity index is 2.75. The van der Waals surface area contributed by atoms with E-state index in [-0.39, 0.29) is 0 Å². The van der Waals surface area contributed by atoms with E-state index >= 15 is 0 Å². The van der Waals surface area contributed by atoms with Crippen LogP contribution >= 0.6 is 0 Å². The molecule has 1 heteroatoms.